The molecular formula is C44H73N13O10S3. The predicted octanol–water partition coefficient (Wildman–Crippen LogP) is -2.04. The van der Waals surface area contributed by atoms with Crippen molar-refractivity contribution < 1.29 is 48.3 Å². The smallest absolute Gasteiger partial charge is 0.243 e. The van der Waals surface area contributed by atoms with Gasteiger partial charge in [-0.2, -0.15) is 11.8 Å². The van der Waals surface area contributed by atoms with Crippen LogP contribution in [-0.4, -0.2) is 150 Å². The van der Waals surface area contributed by atoms with Gasteiger partial charge in [-0.25, -0.2) is 0 Å². The van der Waals surface area contributed by atoms with Crippen LogP contribution in [0.25, 0.3) is 0 Å². The van der Waals surface area contributed by atoms with E-state index in [1.807, 2.05) is 20.1 Å². The molecule has 392 valence electrons. The molecule has 0 aromatic heterocycles. The fourth-order valence-electron chi connectivity index (χ4n) is 6.71. The minimum atomic E-state index is -1.25. The lowest BCUT2D eigenvalue weighted by Crippen LogP contribution is -2.59. The second kappa shape index (κ2) is 32.4. The molecule has 1 aliphatic rings. The lowest BCUT2D eigenvalue weighted by atomic mass is 10.00. The van der Waals surface area contributed by atoms with Crippen LogP contribution in [0.5, 0.6) is 5.75 Å². The summed E-state index contributed by atoms with van der Waals surface area (Å²) in [5.41, 5.74) is 23.3. The Bertz CT molecular complexity index is 1940. The molecule has 1 aliphatic heterocycles. The van der Waals surface area contributed by atoms with Crippen molar-refractivity contribution in [3.8, 4) is 5.75 Å². The lowest BCUT2D eigenvalue weighted by Gasteiger charge is -2.27. The van der Waals surface area contributed by atoms with E-state index in [-0.39, 0.29) is 80.7 Å². The molecule has 1 aromatic carbocycles. The van der Waals surface area contributed by atoms with Crippen LogP contribution < -0.4 is 65.5 Å². The van der Waals surface area contributed by atoms with Gasteiger partial charge in [0, 0.05) is 37.4 Å². The summed E-state index contributed by atoms with van der Waals surface area (Å²) in [5, 5.41) is 31.2. The molecule has 23 nitrogen and oxygen atoms in total. The first-order valence-electron chi connectivity index (χ1n) is 23.1. The van der Waals surface area contributed by atoms with Gasteiger partial charge in [-0.1, -0.05) is 61.4 Å². The number of nitrogens with zero attached hydrogens (tertiary/aromatic N) is 1. The minimum Gasteiger partial charge on any atom is -0.508 e. The standard InChI is InChI=1S/C44H73N13O10S3/c1-24(2)19-31-40(64)51-21-35(60)52-29(9-8-17-50-44(47)48)42(66)57-36(25(3)4)43(67)56-32(20-26-11-13-27(58)14-12-26)39(63)49-16-7-6-10-34(59)53-33(37(46)61)23-70-69-22-28(45)38(62)54-30(15-18-68-5)41(65)55-31/h11-14,24-25,28-33,36,58H,6-10,15-23,45H2,1-5H3,(H2,46,61)(H,49,63)(H,51,64)(H,52,60)(H,53,59)(H,54,62)(H,55,65)(H,56,67)(H,57,66)(H4,47,48,50). The molecule has 70 heavy (non-hydrogen) atoms. The molecule has 0 radical (unpaired) electrons. The molecule has 7 atom stereocenters. The number of aromatic hydroxyl groups is 1. The van der Waals surface area contributed by atoms with Crippen molar-refractivity contribution in [2.75, 3.05) is 43.1 Å². The van der Waals surface area contributed by atoms with Gasteiger partial charge < -0.3 is 70.6 Å². The number of amides is 9. The van der Waals surface area contributed by atoms with Gasteiger partial charge in [0.25, 0.3) is 0 Å². The van der Waals surface area contributed by atoms with Gasteiger partial charge in [-0.05, 0) is 80.1 Å². The highest BCUT2D eigenvalue weighted by molar-refractivity contribution is 8.76. The Balaban J connectivity index is 2.48. The highest BCUT2D eigenvalue weighted by atomic mass is 33.1. The topological polar surface area (TPSA) is 387 Å². The van der Waals surface area contributed by atoms with E-state index in [2.05, 4.69) is 47.5 Å². The molecule has 0 saturated carbocycles. The average Bonchev–Trinajstić information content (AvgIpc) is 3.29. The molecule has 0 aliphatic carbocycles. The number of phenols is 1. The molecule has 0 bridgehead atoms. The second-order valence-electron chi connectivity index (χ2n) is 17.4. The zero-order valence-electron chi connectivity index (χ0n) is 40.5. The van der Waals surface area contributed by atoms with Crippen LogP contribution in [0.4, 0.5) is 0 Å². The normalized spacial score (nSPS) is 24.2. The summed E-state index contributed by atoms with van der Waals surface area (Å²) in [6.07, 6.45) is 3.05. The van der Waals surface area contributed by atoms with Crippen molar-refractivity contribution in [2.45, 2.75) is 121 Å². The van der Waals surface area contributed by atoms with E-state index >= 15 is 0 Å². The first-order valence-corrected chi connectivity index (χ1v) is 27.0. The summed E-state index contributed by atoms with van der Waals surface area (Å²) < 4.78 is 0. The quantitative estimate of drug-likeness (QED) is 0.0438. The Labute approximate surface area is 421 Å². The van der Waals surface area contributed by atoms with E-state index in [1.54, 1.807) is 26.0 Å². The van der Waals surface area contributed by atoms with Crippen LogP contribution in [0.2, 0.25) is 0 Å². The number of guanidine groups is 1. The van der Waals surface area contributed by atoms with E-state index in [1.165, 1.54) is 23.9 Å². The summed E-state index contributed by atoms with van der Waals surface area (Å²) in [6, 6.07) is -1.92. The third-order valence-corrected chi connectivity index (χ3v) is 13.7. The maximum absolute atomic E-state index is 14.0. The van der Waals surface area contributed by atoms with Gasteiger partial charge in [0.05, 0.1) is 12.6 Å². The maximum atomic E-state index is 14.0. The van der Waals surface area contributed by atoms with E-state index in [0.717, 1.165) is 21.6 Å². The molecular weight excluding hydrogens is 967 g/mol. The summed E-state index contributed by atoms with van der Waals surface area (Å²) in [7, 11) is 2.32. The number of benzene rings is 1. The minimum absolute atomic E-state index is 0.00153. The van der Waals surface area contributed by atoms with Crippen LogP contribution in [0.15, 0.2) is 29.3 Å². The van der Waals surface area contributed by atoms with Crippen molar-refractivity contribution in [3.05, 3.63) is 29.8 Å². The van der Waals surface area contributed by atoms with E-state index in [9.17, 15) is 48.3 Å². The van der Waals surface area contributed by atoms with Gasteiger partial charge in [0.2, 0.25) is 53.2 Å². The molecule has 2 rings (SSSR count). The number of phenolic OH excluding ortho intramolecular Hbond substituents is 1. The third kappa shape index (κ3) is 23.9. The highest BCUT2D eigenvalue weighted by Crippen LogP contribution is 2.23. The number of thioether (sulfide) groups is 1. The summed E-state index contributed by atoms with van der Waals surface area (Å²) in [6.45, 7) is 6.63. The van der Waals surface area contributed by atoms with Crippen LogP contribution >= 0.6 is 33.3 Å². The van der Waals surface area contributed by atoms with Crippen LogP contribution in [0.3, 0.4) is 0 Å². The first-order chi connectivity index (χ1) is 33.1. The fraction of sp³-hybridized carbons (Fsp3) is 0.636. The average molecular weight is 1040 g/mol. The molecule has 17 N–H and O–H groups in total. The Morgan fingerprint density at radius 2 is 1.34 bits per heavy atom. The molecule has 1 aromatic rings. The number of hydrogen-bond donors (Lipinski definition) is 13. The summed E-state index contributed by atoms with van der Waals surface area (Å²) in [5.74, 6) is -6.25. The number of aliphatic imine (C=N–C) groups is 1. The van der Waals surface area contributed by atoms with Crippen LogP contribution in [-0.2, 0) is 49.6 Å². The number of nitrogens with two attached hydrogens (primary N) is 4. The Hall–Kier alpha value is -5.47. The zero-order chi connectivity index (χ0) is 52.3. The SMILES string of the molecule is CSCCC1NC(=O)C(N)CSSCC(C(N)=O)NC(=O)CCCCNC(=O)C(Cc2ccc(O)cc2)NC(=O)C(C(C)C)NC(=O)C(CCCN=C(N)N)NC(=O)CNC(=O)C(CC(C)C)NC1=O. The van der Waals surface area contributed by atoms with Gasteiger partial charge >= 0.3 is 0 Å². The Kier molecular flexibility index (Phi) is 28.1. The number of primary amides is 1. The van der Waals surface area contributed by atoms with Crippen molar-refractivity contribution in [1.82, 2.24) is 42.5 Å². The summed E-state index contributed by atoms with van der Waals surface area (Å²) >= 11 is 1.44. The Morgan fingerprint density at radius 3 is 1.97 bits per heavy atom. The number of hydrogen-bond acceptors (Lipinski definition) is 15. The van der Waals surface area contributed by atoms with Crippen molar-refractivity contribution >= 4 is 92.5 Å². The highest BCUT2D eigenvalue weighted by Gasteiger charge is 2.33. The second-order valence-corrected chi connectivity index (χ2v) is 21.0. The molecule has 1 fully saturated rings. The van der Waals surface area contributed by atoms with E-state index in [4.69, 9.17) is 22.9 Å². The Morgan fingerprint density at radius 1 is 0.729 bits per heavy atom. The zero-order valence-corrected chi connectivity index (χ0v) is 43.0. The van der Waals surface area contributed by atoms with Crippen molar-refractivity contribution in [3.63, 3.8) is 0 Å². The van der Waals surface area contributed by atoms with Crippen LogP contribution in [0, 0.1) is 11.8 Å². The van der Waals surface area contributed by atoms with Crippen molar-refractivity contribution in [1.29, 1.82) is 0 Å². The fourth-order valence-corrected chi connectivity index (χ4v) is 9.49. The largest absolute Gasteiger partial charge is 0.508 e. The molecule has 26 heteroatoms. The molecule has 1 saturated heterocycles. The molecule has 9 amide bonds. The molecule has 0 spiro atoms. The maximum Gasteiger partial charge on any atom is 0.243 e. The number of carbonyl (C=O) groups is 9. The van der Waals surface area contributed by atoms with Gasteiger partial charge in [-0.15, -0.1) is 0 Å². The van der Waals surface area contributed by atoms with Crippen molar-refractivity contribution in [2.24, 2.45) is 39.8 Å². The molecule has 1 heterocycles. The predicted molar refractivity (Wildman–Crippen MR) is 273 cm³/mol. The van der Waals surface area contributed by atoms with E-state index in [0.29, 0.717) is 24.2 Å². The van der Waals surface area contributed by atoms with Gasteiger partial charge in [0.15, 0.2) is 5.96 Å². The van der Waals surface area contributed by atoms with Crippen LogP contribution in [0.1, 0.15) is 78.2 Å². The number of rotatable bonds is 13. The van der Waals surface area contributed by atoms with Gasteiger partial charge in [-0.3, -0.25) is 48.1 Å². The number of nitrogens with one attached hydrogen (secondary N) is 8. The molecule has 7 unspecified atom stereocenters. The van der Waals surface area contributed by atoms with Gasteiger partial charge in [0.1, 0.15) is 42.0 Å². The monoisotopic (exact) mass is 1040 g/mol. The van der Waals surface area contributed by atoms with E-state index < -0.39 is 108 Å². The lowest BCUT2D eigenvalue weighted by molar-refractivity contribution is -0.135. The third-order valence-electron chi connectivity index (χ3n) is 10.6. The number of carbonyl (C=O) groups excluding carboxylic acids is 9. The first kappa shape index (κ1) is 60.7. The summed E-state index contributed by atoms with van der Waals surface area (Å²) in [4.78, 5) is 125.